The van der Waals surface area contributed by atoms with Crippen LogP contribution in [0, 0.1) is 0 Å². The molecule has 1 aromatic carbocycles. The topological polar surface area (TPSA) is 37.8 Å². The Hall–Kier alpha value is -0.650. The van der Waals surface area contributed by atoms with Crippen molar-refractivity contribution in [3.63, 3.8) is 0 Å². The molecule has 0 fully saturated rings. The lowest BCUT2D eigenvalue weighted by molar-refractivity contribution is 1.04. The average molecular weight is 305 g/mol. The second-order valence-electron chi connectivity index (χ2n) is 2.84. The maximum atomic E-state index is 5.79. The SMILES string of the molecule is Clc1ccc(CNc2nnc(Br)s2)cc1. The molecule has 2 aromatic rings. The molecule has 78 valence electrons. The molecule has 0 spiro atoms. The Morgan fingerprint density at radius 3 is 2.60 bits per heavy atom. The standard InChI is InChI=1S/C9H7BrClN3S/c10-8-13-14-9(15-8)12-5-6-1-3-7(11)4-2-6/h1-4H,5H2,(H,12,14). The highest BCUT2D eigenvalue weighted by atomic mass is 79.9. The average Bonchev–Trinajstić information content (AvgIpc) is 2.64. The molecular weight excluding hydrogens is 298 g/mol. The minimum Gasteiger partial charge on any atom is -0.356 e. The molecule has 15 heavy (non-hydrogen) atoms. The minimum absolute atomic E-state index is 0.721. The summed E-state index contributed by atoms with van der Waals surface area (Å²) >= 11 is 10.5. The third-order valence-electron chi connectivity index (χ3n) is 1.76. The van der Waals surface area contributed by atoms with E-state index < -0.39 is 0 Å². The molecule has 6 heteroatoms. The number of rotatable bonds is 3. The number of benzene rings is 1. The van der Waals surface area contributed by atoms with Crippen LogP contribution in [-0.4, -0.2) is 10.2 Å². The van der Waals surface area contributed by atoms with Crippen LogP contribution in [0.25, 0.3) is 0 Å². The number of nitrogens with zero attached hydrogens (tertiary/aromatic N) is 2. The van der Waals surface area contributed by atoms with E-state index in [1.54, 1.807) is 0 Å². The quantitative estimate of drug-likeness (QED) is 0.942. The van der Waals surface area contributed by atoms with Gasteiger partial charge in [-0.25, -0.2) is 0 Å². The first kappa shape index (κ1) is 10.9. The molecule has 0 aliphatic heterocycles. The number of nitrogens with one attached hydrogen (secondary N) is 1. The first-order chi connectivity index (χ1) is 7.24. The van der Waals surface area contributed by atoms with E-state index in [4.69, 9.17) is 11.6 Å². The number of aromatic nitrogens is 2. The lowest BCUT2D eigenvalue weighted by Crippen LogP contribution is -1.98. The molecule has 0 amide bonds. The number of anilines is 1. The maximum absolute atomic E-state index is 5.79. The molecule has 0 bridgehead atoms. The summed E-state index contributed by atoms with van der Waals surface area (Å²) in [5.74, 6) is 0. The fraction of sp³-hybridized carbons (Fsp3) is 0.111. The van der Waals surface area contributed by atoms with Gasteiger partial charge in [-0.1, -0.05) is 35.1 Å². The van der Waals surface area contributed by atoms with Crippen molar-refractivity contribution in [3.05, 3.63) is 38.8 Å². The Morgan fingerprint density at radius 2 is 2.00 bits per heavy atom. The van der Waals surface area contributed by atoms with E-state index in [1.165, 1.54) is 11.3 Å². The van der Waals surface area contributed by atoms with E-state index in [0.29, 0.717) is 0 Å². The van der Waals surface area contributed by atoms with E-state index in [9.17, 15) is 0 Å². The van der Waals surface area contributed by atoms with Gasteiger partial charge in [-0.05, 0) is 33.6 Å². The molecule has 0 radical (unpaired) electrons. The van der Waals surface area contributed by atoms with Crippen LogP contribution in [0.1, 0.15) is 5.56 Å². The largest absolute Gasteiger partial charge is 0.356 e. The van der Waals surface area contributed by atoms with Crippen molar-refractivity contribution in [3.8, 4) is 0 Å². The highest BCUT2D eigenvalue weighted by Crippen LogP contribution is 2.20. The van der Waals surface area contributed by atoms with Gasteiger partial charge in [0.2, 0.25) is 5.13 Å². The van der Waals surface area contributed by atoms with Gasteiger partial charge in [0, 0.05) is 11.6 Å². The van der Waals surface area contributed by atoms with E-state index in [2.05, 4.69) is 31.4 Å². The van der Waals surface area contributed by atoms with Crippen molar-refractivity contribution in [2.75, 3.05) is 5.32 Å². The third-order valence-corrected chi connectivity index (χ3v) is 3.32. The number of halogens is 2. The van der Waals surface area contributed by atoms with Gasteiger partial charge in [0.1, 0.15) is 0 Å². The second-order valence-corrected chi connectivity index (χ2v) is 5.53. The van der Waals surface area contributed by atoms with Crippen LogP contribution < -0.4 is 5.32 Å². The van der Waals surface area contributed by atoms with E-state index in [1.807, 2.05) is 24.3 Å². The van der Waals surface area contributed by atoms with Gasteiger partial charge in [0.25, 0.3) is 0 Å². The zero-order valence-electron chi connectivity index (χ0n) is 7.58. The maximum Gasteiger partial charge on any atom is 0.206 e. The van der Waals surface area contributed by atoms with Gasteiger partial charge in [-0.2, -0.15) is 0 Å². The first-order valence-corrected chi connectivity index (χ1v) is 6.20. The highest BCUT2D eigenvalue weighted by molar-refractivity contribution is 9.11. The summed E-state index contributed by atoms with van der Waals surface area (Å²) < 4.78 is 0.779. The number of hydrogen-bond acceptors (Lipinski definition) is 4. The van der Waals surface area contributed by atoms with Crippen LogP contribution in [0.5, 0.6) is 0 Å². The van der Waals surface area contributed by atoms with E-state index in [-0.39, 0.29) is 0 Å². The van der Waals surface area contributed by atoms with Gasteiger partial charge in [-0.15, -0.1) is 10.2 Å². The van der Waals surface area contributed by atoms with Gasteiger partial charge < -0.3 is 5.32 Å². The van der Waals surface area contributed by atoms with Crippen molar-refractivity contribution < 1.29 is 0 Å². The summed E-state index contributed by atoms with van der Waals surface area (Å²) in [7, 11) is 0. The molecule has 3 nitrogen and oxygen atoms in total. The smallest absolute Gasteiger partial charge is 0.206 e. The van der Waals surface area contributed by atoms with Crippen molar-refractivity contribution in [1.29, 1.82) is 0 Å². The van der Waals surface area contributed by atoms with Gasteiger partial charge in [0.05, 0.1) is 0 Å². The minimum atomic E-state index is 0.721. The highest BCUT2D eigenvalue weighted by Gasteiger charge is 2.00. The van der Waals surface area contributed by atoms with Crippen LogP contribution in [-0.2, 0) is 6.54 Å². The van der Waals surface area contributed by atoms with E-state index in [0.717, 1.165) is 26.2 Å². The number of hydrogen-bond donors (Lipinski definition) is 1. The summed E-state index contributed by atoms with van der Waals surface area (Å²) in [5.41, 5.74) is 1.16. The van der Waals surface area contributed by atoms with Crippen LogP contribution in [0.15, 0.2) is 28.2 Å². The summed E-state index contributed by atoms with van der Waals surface area (Å²) in [6.07, 6.45) is 0. The zero-order valence-corrected chi connectivity index (χ0v) is 10.7. The lowest BCUT2D eigenvalue weighted by atomic mass is 10.2. The molecular formula is C9H7BrClN3S. The summed E-state index contributed by atoms with van der Waals surface area (Å²) in [5, 5.41) is 12.5. The van der Waals surface area contributed by atoms with Crippen molar-refractivity contribution in [2.24, 2.45) is 0 Å². The Bertz CT molecular complexity index is 443. The summed E-state index contributed by atoms with van der Waals surface area (Å²) in [6.45, 7) is 0.721. The normalized spacial score (nSPS) is 10.3. The van der Waals surface area contributed by atoms with Crippen LogP contribution in [0.4, 0.5) is 5.13 Å². The van der Waals surface area contributed by atoms with Gasteiger partial charge in [-0.3, -0.25) is 0 Å². The van der Waals surface area contributed by atoms with Crippen molar-refractivity contribution >= 4 is 44.0 Å². The fourth-order valence-corrected chi connectivity index (χ4v) is 2.19. The Kier molecular flexibility index (Phi) is 3.56. The molecule has 0 unspecified atom stereocenters. The van der Waals surface area contributed by atoms with Crippen LogP contribution in [0.2, 0.25) is 5.02 Å². The molecule has 1 N–H and O–H groups in total. The first-order valence-electron chi connectivity index (χ1n) is 4.21. The predicted octanol–water partition coefficient (Wildman–Crippen LogP) is 3.57. The Balaban J connectivity index is 1.96. The lowest BCUT2D eigenvalue weighted by Gasteiger charge is -2.01. The molecule has 0 atom stereocenters. The molecule has 0 saturated heterocycles. The fourth-order valence-electron chi connectivity index (χ4n) is 1.06. The van der Waals surface area contributed by atoms with Crippen molar-refractivity contribution in [2.45, 2.75) is 6.54 Å². The molecule has 1 heterocycles. The predicted molar refractivity (Wildman–Crippen MR) is 66.4 cm³/mol. The van der Waals surface area contributed by atoms with Gasteiger partial charge >= 0.3 is 0 Å². The van der Waals surface area contributed by atoms with E-state index >= 15 is 0 Å². The molecule has 0 aliphatic rings. The van der Waals surface area contributed by atoms with Crippen molar-refractivity contribution in [1.82, 2.24) is 10.2 Å². The summed E-state index contributed by atoms with van der Waals surface area (Å²) in [4.78, 5) is 0. The molecule has 2 rings (SSSR count). The molecule has 0 aliphatic carbocycles. The van der Waals surface area contributed by atoms with Gasteiger partial charge in [0.15, 0.2) is 3.92 Å². The Labute approximate surface area is 105 Å². The molecule has 0 saturated carbocycles. The van der Waals surface area contributed by atoms with Crippen LogP contribution in [0.3, 0.4) is 0 Å². The Morgan fingerprint density at radius 1 is 1.27 bits per heavy atom. The second kappa shape index (κ2) is 4.92. The third kappa shape index (κ3) is 3.15. The van der Waals surface area contributed by atoms with Crippen LogP contribution >= 0.6 is 38.9 Å². The molecule has 1 aromatic heterocycles. The zero-order chi connectivity index (χ0) is 10.7. The summed E-state index contributed by atoms with van der Waals surface area (Å²) in [6, 6.07) is 7.69. The monoisotopic (exact) mass is 303 g/mol.